The van der Waals surface area contributed by atoms with E-state index in [0.29, 0.717) is 12.5 Å². The molecule has 1 heterocycles. The molecule has 1 aromatic carbocycles. The highest BCUT2D eigenvalue weighted by Crippen LogP contribution is 2.16. The van der Waals surface area contributed by atoms with Gasteiger partial charge in [0.15, 0.2) is 5.96 Å². The number of hydrogen-bond donors (Lipinski definition) is 2. The van der Waals surface area contributed by atoms with Crippen LogP contribution in [0.15, 0.2) is 41.5 Å². The Kier molecular flexibility index (Phi) is 8.81. The summed E-state index contributed by atoms with van der Waals surface area (Å²) in [7, 11) is 0. The molecule has 5 heteroatoms. The number of unbranched alkanes of at least 4 members (excludes halogenated alkanes) is 3. The number of aliphatic imine (C=N–C) groups is 1. The Morgan fingerprint density at radius 3 is 2.82 bits per heavy atom. The van der Waals surface area contributed by atoms with E-state index in [9.17, 15) is 0 Å². The van der Waals surface area contributed by atoms with Crippen molar-refractivity contribution in [1.29, 1.82) is 0 Å². The van der Waals surface area contributed by atoms with E-state index in [0.717, 1.165) is 29.4 Å². The van der Waals surface area contributed by atoms with Crippen LogP contribution < -0.4 is 11.1 Å². The number of nitrogens with two attached hydrogens (primary N) is 1. The monoisotopic (exact) mass is 412 g/mol. The van der Waals surface area contributed by atoms with Gasteiger partial charge in [0.05, 0.1) is 12.1 Å². The van der Waals surface area contributed by atoms with Crippen molar-refractivity contribution in [3.63, 3.8) is 0 Å². The highest BCUT2D eigenvalue weighted by Gasteiger charge is 2.01. The maximum Gasteiger partial charge on any atom is 0.188 e. The molecule has 0 spiro atoms. The molecule has 0 fully saturated rings. The summed E-state index contributed by atoms with van der Waals surface area (Å²) >= 11 is 0. The van der Waals surface area contributed by atoms with Crippen LogP contribution in [0.5, 0.6) is 0 Å². The standard InChI is InChI=1S/C17H24N4.HI/c1-2-3-4-5-11-20-17(18)21-13-15-9-6-8-14-10-7-12-19-16(14)15;/h6-10,12H,2-5,11,13H2,1H3,(H3,18,20,21);1H. The zero-order valence-corrected chi connectivity index (χ0v) is 15.4. The topological polar surface area (TPSA) is 63.3 Å². The van der Waals surface area contributed by atoms with E-state index < -0.39 is 0 Å². The lowest BCUT2D eigenvalue weighted by molar-refractivity contribution is 0.652. The van der Waals surface area contributed by atoms with Gasteiger partial charge in [0.25, 0.3) is 0 Å². The lowest BCUT2D eigenvalue weighted by Gasteiger charge is -2.06. The van der Waals surface area contributed by atoms with E-state index in [1.807, 2.05) is 24.4 Å². The minimum Gasteiger partial charge on any atom is -0.370 e. The number of halogens is 1. The zero-order chi connectivity index (χ0) is 14.9. The Balaban J connectivity index is 0.00000242. The van der Waals surface area contributed by atoms with Gasteiger partial charge in [-0.05, 0) is 18.1 Å². The highest BCUT2D eigenvalue weighted by atomic mass is 127. The van der Waals surface area contributed by atoms with Gasteiger partial charge in [-0.15, -0.1) is 24.0 Å². The maximum atomic E-state index is 5.90. The normalized spacial score (nSPS) is 11.2. The predicted octanol–water partition coefficient (Wildman–Crippen LogP) is 3.84. The van der Waals surface area contributed by atoms with Crippen molar-refractivity contribution in [1.82, 2.24) is 10.3 Å². The van der Waals surface area contributed by atoms with Crippen LogP contribution in [0.3, 0.4) is 0 Å². The Morgan fingerprint density at radius 2 is 2.00 bits per heavy atom. The molecule has 0 aliphatic carbocycles. The molecular weight excluding hydrogens is 387 g/mol. The van der Waals surface area contributed by atoms with E-state index in [-0.39, 0.29) is 24.0 Å². The molecule has 22 heavy (non-hydrogen) atoms. The van der Waals surface area contributed by atoms with Crippen LogP contribution in [0.2, 0.25) is 0 Å². The second-order valence-corrected chi connectivity index (χ2v) is 5.18. The fourth-order valence-electron chi connectivity index (χ4n) is 2.29. The maximum absolute atomic E-state index is 5.90. The molecule has 3 N–H and O–H groups in total. The Hall–Kier alpha value is -1.37. The number of nitrogens with zero attached hydrogens (tertiary/aromatic N) is 2. The number of fused-ring (bicyclic) bond motifs is 1. The summed E-state index contributed by atoms with van der Waals surface area (Å²) in [6.45, 7) is 3.66. The van der Waals surface area contributed by atoms with Crippen molar-refractivity contribution in [2.45, 2.75) is 39.2 Å². The second-order valence-electron chi connectivity index (χ2n) is 5.18. The van der Waals surface area contributed by atoms with Crippen LogP contribution in [-0.4, -0.2) is 17.5 Å². The van der Waals surface area contributed by atoms with E-state index in [1.54, 1.807) is 0 Å². The van der Waals surface area contributed by atoms with Gasteiger partial charge < -0.3 is 11.1 Å². The van der Waals surface area contributed by atoms with Crippen LogP contribution in [0, 0.1) is 0 Å². The molecule has 0 unspecified atom stereocenters. The van der Waals surface area contributed by atoms with E-state index in [4.69, 9.17) is 5.73 Å². The molecular formula is C17H25IN4. The number of rotatable bonds is 7. The number of benzene rings is 1. The van der Waals surface area contributed by atoms with E-state index in [2.05, 4.69) is 34.3 Å². The molecule has 0 radical (unpaired) electrons. The fourth-order valence-corrected chi connectivity index (χ4v) is 2.29. The number of hydrogen-bond acceptors (Lipinski definition) is 2. The summed E-state index contributed by atoms with van der Waals surface area (Å²) in [5.74, 6) is 0.513. The van der Waals surface area contributed by atoms with Gasteiger partial charge in [-0.25, -0.2) is 4.99 Å². The van der Waals surface area contributed by atoms with Gasteiger partial charge in [-0.2, -0.15) is 0 Å². The first-order chi connectivity index (χ1) is 10.3. The summed E-state index contributed by atoms with van der Waals surface area (Å²) < 4.78 is 0. The van der Waals surface area contributed by atoms with Gasteiger partial charge in [0.1, 0.15) is 0 Å². The first-order valence-electron chi connectivity index (χ1n) is 7.67. The Morgan fingerprint density at radius 1 is 1.18 bits per heavy atom. The van der Waals surface area contributed by atoms with Crippen LogP contribution in [0.4, 0.5) is 0 Å². The Labute approximate surface area is 149 Å². The molecule has 2 rings (SSSR count). The number of pyridine rings is 1. The summed E-state index contributed by atoms with van der Waals surface area (Å²) in [6, 6.07) is 10.1. The van der Waals surface area contributed by atoms with Crippen molar-refractivity contribution in [2.75, 3.05) is 6.54 Å². The van der Waals surface area contributed by atoms with Crippen LogP contribution in [0.25, 0.3) is 10.9 Å². The molecule has 2 aromatic rings. The van der Waals surface area contributed by atoms with Crippen LogP contribution in [-0.2, 0) is 6.54 Å². The van der Waals surface area contributed by atoms with Crippen molar-refractivity contribution < 1.29 is 0 Å². The molecule has 0 aliphatic rings. The summed E-state index contributed by atoms with van der Waals surface area (Å²) in [5, 5.41) is 4.30. The lowest BCUT2D eigenvalue weighted by atomic mass is 10.1. The van der Waals surface area contributed by atoms with Crippen molar-refractivity contribution in [3.05, 3.63) is 42.1 Å². The molecule has 1 aromatic heterocycles. The highest BCUT2D eigenvalue weighted by molar-refractivity contribution is 14.0. The minimum absolute atomic E-state index is 0. The molecule has 0 amide bonds. The first kappa shape index (κ1) is 18.7. The molecule has 0 aliphatic heterocycles. The molecule has 0 saturated heterocycles. The Bertz CT molecular complexity index is 593. The molecule has 0 bridgehead atoms. The third-order valence-electron chi connectivity index (χ3n) is 3.47. The molecule has 4 nitrogen and oxygen atoms in total. The van der Waals surface area contributed by atoms with Crippen LogP contribution >= 0.6 is 24.0 Å². The van der Waals surface area contributed by atoms with Crippen LogP contribution in [0.1, 0.15) is 38.2 Å². The van der Waals surface area contributed by atoms with Gasteiger partial charge in [-0.1, -0.05) is 50.5 Å². The predicted molar refractivity (Wildman–Crippen MR) is 105 cm³/mol. The van der Waals surface area contributed by atoms with Gasteiger partial charge in [-0.3, -0.25) is 4.98 Å². The summed E-state index contributed by atoms with van der Waals surface area (Å²) in [4.78, 5) is 8.83. The number of nitrogens with one attached hydrogen (secondary N) is 1. The van der Waals surface area contributed by atoms with Crippen molar-refractivity contribution in [2.24, 2.45) is 10.7 Å². The molecule has 120 valence electrons. The molecule has 0 saturated carbocycles. The summed E-state index contributed by atoms with van der Waals surface area (Å²) in [6.07, 6.45) is 6.72. The van der Waals surface area contributed by atoms with Crippen molar-refractivity contribution in [3.8, 4) is 0 Å². The lowest BCUT2D eigenvalue weighted by Crippen LogP contribution is -2.32. The average molecular weight is 412 g/mol. The average Bonchev–Trinajstić information content (AvgIpc) is 2.52. The van der Waals surface area contributed by atoms with Gasteiger partial charge >= 0.3 is 0 Å². The first-order valence-corrected chi connectivity index (χ1v) is 7.67. The third-order valence-corrected chi connectivity index (χ3v) is 3.47. The smallest absolute Gasteiger partial charge is 0.188 e. The largest absolute Gasteiger partial charge is 0.370 e. The number of aromatic nitrogens is 1. The van der Waals surface area contributed by atoms with Gasteiger partial charge in [0.2, 0.25) is 0 Å². The van der Waals surface area contributed by atoms with E-state index >= 15 is 0 Å². The third kappa shape index (κ3) is 5.79. The summed E-state index contributed by atoms with van der Waals surface area (Å²) in [5.41, 5.74) is 8.00. The second kappa shape index (κ2) is 10.4. The number of para-hydroxylation sites is 1. The quantitative estimate of drug-likeness (QED) is 0.314. The number of guanidine groups is 1. The molecule has 0 atom stereocenters. The minimum atomic E-state index is 0. The zero-order valence-electron chi connectivity index (χ0n) is 13.1. The van der Waals surface area contributed by atoms with Gasteiger partial charge in [0, 0.05) is 18.1 Å². The SMILES string of the molecule is CCCCCCNC(N)=NCc1cccc2cccnc12.I. The van der Waals surface area contributed by atoms with Crippen molar-refractivity contribution >= 4 is 40.8 Å². The van der Waals surface area contributed by atoms with E-state index in [1.165, 1.54) is 19.3 Å². The fraction of sp³-hybridized carbons (Fsp3) is 0.412.